The lowest BCUT2D eigenvalue weighted by molar-refractivity contribution is -0.384. The van der Waals surface area contributed by atoms with Crippen molar-refractivity contribution in [2.75, 3.05) is 18.0 Å². The first-order valence-corrected chi connectivity index (χ1v) is 5.04. The molecule has 0 bridgehead atoms. The second-order valence-corrected chi connectivity index (χ2v) is 3.69. The third kappa shape index (κ3) is 2.16. The van der Waals surface area contributed by atoms with Gasteiger partial charge < -0.3 is 4.90 Å². The Balaban J connectivity index is 2.22. The Hall–Kier alpha value is -1.98. The average molecular weight is 221 g/mol. The van der Waals surface area contributed by atoms with Crippen molar-refractivity contribution < 1.29 is 9.72 Å². The molecule has 2 rings (SSSR count). The van der Waals surface area contributed by atoms with E-state index in [9.17, 15) is 14.9 Å². The number of anilines is 1. The third-order valence-corrected chi connectivity index (χ3v) is 2.51. The molecule has 0 spiro atoms. The van der Waals surface area contributed by atoms with E-state index in [0.29, 0.717) is 18.8 Å². The Morgan fingerprint density at radius 2 is 2.31 bits per heavy atom. The first-order valence-electron chi connectivity index (χ1n) is 5.04. The zero-order valence-electron chi connectivity index (χ0n) is 8.63. The predicted molar refractivity (Wildman–Crippen MR) is 57.3 cm³/mol. The average Bonchev–Trinajstić information content (AvgIpc) is 2.29. The predicted octanol–water partition coefficient (Wildman–Crippen LogP) is 1.16. The molecule has 0 aliphatic carbocycles. The zero-order valence-corrected chi connectivity index (χ0v) is 8.63. The zero-order chi connectivity index (χ0) is 11.5. The highest BCUT2D eigenvalue weighted by molar-refractivity contribution is 5.84. The Kier molecular flexibility index (Phi) is 2.80. The van der Waals surface area contributed by atoms with E-state index in [4.69, 9.17) is 0 Å². The van der Waals surface area contributed by atoms with Gasteiger partial charge >= 0.3 is 0 Å². The first kappa shape index (κ1) is 10.5. The summed E-state index contributed by atoms with van der Waals surface area (Å²) in [5.41, 5.74) is 0.00280. The van der Waals surface area contributed by atoms with Crippen molar-refractivity contribution >= 4 is 17.3 Å². The van der Waals surface area contributed by atoms with Crippen LogP contribution in [0.2, 0.25) is 0 Å². The van der Waals surface area contributed by atoms with E-state index >= 15 is 0 Å². The number of hydrogen-bond donors (Lipinski definition) is 0. The van der Waals surface area contributed by atoms with Crippen LogP contribution in [0.25, 0.3) is 0 Å². The van der Waals surface area contributed by atoms with Gasteiger partial charge in [-0.2, -0.15) is 0 Å². The molecule has 6 nitrogen and oxygen atoms in total. The lowest BCUT2D eigenvalue weighted by Crippen LogP contribution is -2.36. The highest BCUT2D eigenvalue weighted by atomic mass is 16.6. The molecule has 84 valence electrons. The molecule has 1 saturated heterocycles. The highest BCUT2D eigenvalue weighted by Crippen LogP contribution is 2.20. The number of Topliss-reactive ketones (excluding diaryl/α,β-unsaturated/α-hetero) is 1. The molecule has 0 N–H and O–H groups in total. The van der Waals surface area contributed by atoms with Gasteiger partial charge in [0.15, 0.2) is 5.78 Å². The molecule has 2 heterocycles. The fraction of sp³-hybridized carbons (Fsp3) is 0.400. The molecule has 0 aromatic carbocycles. The van der Waals surface area contributed by atoms with Crippen molar-refractivity contribution in [3.63, 3.8) is 0 Å². The van der Waals surface area contributed by atoms with Crippen LogP contribution < -0.4 is 4.90 Å². The van der Waals surface area contributed by atoms with Crippen LogP contribution in [0.4, 0.5) is 11.5 Å². The lowest BCUT2D eigenvalue weighted by Gasteiger charge is -2.26. The number of aromatic nitrogens is 1. The van der Waals surface area contributed by atoms with E-state index in [1.54, 1.807) is 4.90 Å². The molecular weight excluding hydrogens is 210 g/mol. The Labute approximate surface area is 92.0 Å². The number of pyridine rings is 1. The molecule has 1 aliphatic heterocycles. The minimum absolute atomic E-state index is 0.00280. The monoisotopic (exact) mass is 221 g/mol. The third-order valence-electron chi connectivity index (χ3n) is 2.51. The van der Waals surface area contributed by atoms with Crippen LogP contribution in [0, 0.1) is 10.1 Å². The standard InChI is InChI=1S/C10H11N3O3/c14-9-2-1-5-12(7-9)10-6-8(13(15)16)3-4-11-10/h3-4,6H,1-2,5,7H2. The van der Waals surface area contributed by atoms with Crippen LogP contribution in [0.3, 0.4) is 0 Å². The van der Waals surface area contributed by atoms with Crippen molar-refractivity contribution in [2.45, 2.75) is 12.8 Å². The molecule has 1 aromatic heterocycles. The molecule has 0 saturated carbocycles. The minimum atomic E-state index is -0.461. The van der Waals surface area contributed by atoms with Crippen LogP contribution >= 0.6 is 0 Å². The van der Waals surface area contributed by atoms with Gasteiger partial charge in [-0.05, 0) is 6.42 Å². The van der Waals surface area contributed by atoms with Gasteiger partial charge in [-0.3, -0.25) is 14.9 Å². The summed E-state index contributed by atoms with van der Waals surface area (Å²) in [5.74, 6) is 0.654. The molecule has 0 atom stereocenters. The van der Waals surface area contributed by atoms with Crippen LogP contribution in [0.15, 0.2) is 18.3 Å². The fourth-order valence-corrected chi connectivity index (χ4v) is 1.73. The van der Waals surface area contributed by atoms with Gasteiger partial charge in [0.05, 0.1) is 17.5 Å². The molecule has 6 heteroatoms. The summed E-state index contributed by atoms with van der Waals surface area (Å²) in [4.78, 5) is 27.2. The van der Waals surface area contributed by atoms with Crippen molar-refractivity contribution in [3.05, 3.63) is 28.4 Å². The van der Waals surface area contributed by atoms with Gasteiger partial charge in [-0.25, -0.2) is 4.98 Å². The molecule has 1 aliphatic rings. The van der Waals surface area contributed by atoms with E-state index < -0.39 is 4.92 Å². The van der Waals surface area contributed by atoms with E-state index in [1.165, 1.54) is 18.3 Å². The highest BCUT2D eigenvalue weighted by Gasteiger charge is 2.19. The van der Waals surface area contributed by atoms with Gasteiger partial charge in [0.2, 0.25) is 0 Å². The van der Waals surface area contributed by atoms with Crippen LogP contribution in [-0.4, -0.2) is 28.8 Å². The van der Waals surface area contributed by atoms with Crippen molar-refractivity contribution in [2.24, 2.45) is 0 Å². The first-order chi connectivity index (χ1) is 7.66. The Bertz CT molecular complexity index is 433. The summed E-state index contributed by atoms with van der Waals surface area (Å²) in [6.07, 6.45) is 2.77. The summed E-state index contributed by atoms with van der Waals surface area (Å²) in [6.45, 7) is 1.02. The molecule has 0 radical (unpaired) electrons. The maximum atomic E-state index is 11.3. The van der Waals surface area contributed by atoms with Crippen LogP contribution in [-0.2, 0) is 4.79 Å². The maximum Gasteiger partial charge on any atom is 0.274 e. The summed E-state index contributed by atoms with van der Waals surface area (Å²) in [7, 11) is 0. The van der Waals surface area contributed by atoms with E-state index in [1.807, 2.05) is 0 Å². The van der Waals surface area contributed by atoms with Gasteiger partial charge in [0.25, 0.3) is 5.69 Å². The van der Waals surface area contributed by atoms with Gasteiger partial charge in [0.1, 0.15) is 5.82 Å². The number of ketones is 1. The number of carbonyl (C=O) groups is 1. The largest absolute Gasteiger partial charge is 0.349 e. The van der Waals surface area contributed by atoms with Gasteiger partial charge in [-0.1, -0.05) is 0 Å². The van der Waals surface area contributed by atoms with Crippen LogP contribution in [0.5, 0.6) is 0 Å². The SMILES string of the molecule is O=C1CCCN(c2cc([N+](=O)[O-])ccn2)C1. The van der Waals surface area contributed by atoms with Crippen molar-refractivity contribution in [1.82, 2.24) is 4.98 Å². The lowest BCUT2D eigenvalue weighted by atomic mass is 10.1. The van der Waals surface area contributed by atoms with E-state index in [-0.39, 0.29) is 11.5 Å². The number of rotatable bonds is 2. The number of nitrogens with zero attached hydrogens (tertiary/aromatic N) is 3. The number of nitro groups is 1. The molecule has 16 heavy (non-hydrogen) atoms. The molecule has 1 aromatic rings. The Morgan fingerprint density at radius 3 is 3.00 bits per heavy atom. The van der Waals surface area contributed by atoms with Crippen molar-refractivity contribution in [1.29, 1.82) is 0 Å². The molecule has 0 amide bonds. The number of piperidine rings is 1. The smallest absolute Gasteiger partial charge is 0.274 e. The van der Waals surface area contributed by atoms with Crippen molar-refractivity contribution in [3.8, 4) is 0 Å². The summed E-state index contributed by atoms with van der Waals surface area (Å²) in [6, 6.07) is 2.74. The number of carbonyl (C=O) groups excluding carboxylic acids is 1. The van der Waals surface area contributed by atoms with E-state index in [2.05, 4.69) is 4.98 Å². The van der Waals surface area contributed by atoms with Gasteiger partial charge in [-0.15, -0.1) is 0 Å². The second-order valence-electron chi connectivity index (χ2n) is 3.69. The normalized spacial score (nSPS) is 16.2. The molecule has 0 unspecified atom stereocenters. The van der Waals surface area contributed by atoms with E-state index in [0.717, 1.165) is 13.0 Å². The molecular formula is C10H11N3O3. The topological polar surface area (TPSA) is 76.3 Å². The fourth-order valence-electron chi connectivity index (χ4n) is 1.73. The summed E-state index contributed by atoms with van der Waals surface area (Å²) in [5, 5.41) is 10.6. The van der Waals surface area contributed by atoms with Gasteiger partial charge in [0, 0.05) is 25.2 Å². The minimum Gasteiger partial charge on any atom is -0.349 e. The summed E-state index contributed by atoms with van der Waals surface area (Å²) >= 11 is 0. The summed E-state index contributed by atoms with van der Waals surface area (Å²) < 4.78 is 0. The number of hydrogen-bond acceptors (Lipinski definition) is 5. The Morgan fingerprint density at radius 1 is 1.50 bits per heavy atom. The quantitative estimate of drug-likeness (QED) is 0.553. The maximum absolute atomic E-state index is 11.3. The second kappa shape index (κ2) is 4.26. The van der Waals surface area contributed by atoms with Crippen LogP contribution in [0.1, 0.15) is 12.8 Å². The molecule has 1 fully saturated rings.